The molecule has 0 unspecified atom stereocenters. The first-order valence-corrected chi connectivity index (χ1v) is 7.59. The third-order valence-electron chi connectivity index (χ3n) is 3.27. The zero-order chi connectivity index (χ0) is 16.5. The summed E-state index contributed by atoms with van der Waals surface area (Å²) in [7, 11) is 0. The van der Waals surface area contributed by atoms with Crippen molar-refractivity contribution in [2.75, 3.05) is 6.61 Å². The van der Waals surface area contributed by atoms with E-state index in [0.29, 0.717) is 19.2 Å². The van der Waals surface area contributed by atoms with Gasteiger partial charge in [0.2, 0.25) is 5.91 Å². The molecule has 0 radical (unpaired) electrons. The van der Waals surface area contributed by atoms with Gasteiger partial charge in [0, 0.05) is 13.0 Å². The molecule has 7 heteroatoms. The molecule has 2 N–H and O–H groups in total. The van der Waals surface area contributed by atoms with E-state index in [1.54, 1.807) is 13.8 Å². The predicted molar refractivity (Wildman–Crippen MR) is 79.8 cm³/mol. The number of rotatable bonds is 8. The van der Waals surface area contributed by atoms with E-state index < -0.39 is 23.9 Å². The van der Waals surface area contributed by atoms with Crippen LogP contribution < -0.4 is 5.32 Å². The van der Waals surface area contributed by atoms with Crippen molar-refractivity contribution in [2.45, 2.75) is 64.2 Å². The Kier molecular flexibility index (Phi) is 7.73. The first kappa shape index (κ1) is 18.3. The van der Waals surface area contributed by atoms with Gasteiger partial charge in [0.25, 0.3) is 0 Å². The van der Waals surface area contributed by atoms with Crippen LogP contribution in [-0.2, 0) is 23.9 Å². The number of amides is 1. The van der Waals surface area contributed by atoms with Crippen molar-refractivity contribution in [1.82, 2.24) is 5.32 Å². The number of Topliss-reactive ketones (excluding diaryl/α,β-unsaturated/α-hetero) is 1. The van der Waals surface area contributed by atoms with Crippen molar-refractivity contribution in [2.24, 2.45) is 0 Å². The molecule has 1 amide bonds. The fraction of sp³-hybridized carbons (Fsp3) is 0.733. The lowest BCUT2D eigenvalue weighted by atomic mass is 10.1. The summed E-state index contributed by atoms with van der Waals surface area (Å²) in [4.78, 5) is 35.4. The standard InChI is InChI=1S/C15H24N2O5/c1-10(2)22-15(20)12(7-6-11(18)9-16)17-14(19)13-5-3-4-8-21-13/h9-10,12-13,16H,3-8H2,1-2H3,(H,17,19)/t12-,13+/m0/s1. The van der Waals surface area contributed by atoms with E-state index in [0.717, 1.165) is 12.8 Å². The lowest BCUT2D eigenvalue weighted by Gasteiger charge is -2.25. The highest BCUT2D eigenvalue weighted by molar-refractivity contribution is 6.26. The third-order valence-corrected chi connectivity index (χ3v) is 3.27. The van der Waals surface area contributed by atoms with Gasteiger partial charge in [-0.25, -0.2) is 4.79 Å². The number of hydrogen-bond donors (Lipinski definition) is 2. The fourth-order valence-corrected chi connectivity index (χ4v) is 2.13. The summed E-state index contributed by atoms with van der Waals surface area (Å²) in [5, 5.41) is 9.48. The second-order valence-electron chi connectivity index (χ2n) is 5.55. The number of hydrogen-bond acceptors (Lipinski definition) is 6. The van der Waals surface area contributed by atoms with Gasteiger partial charge in [-0.15, -0.1) is 0 Å². The number of nitrogens with one attached hydrogen (secondary N) is 2. The van der Waals surface area contributed by atoms with Gasteiger partial charge in [0.05, 0.1) is 12.3 Å². The molecule has 0 aromatic heterocycles. The minimum Gasteiger partial charge on any atom is -0.461 e. The van der Waals surface area contributed by atoms with Crippen LogP contribution in [0.5, 0.6) is 0 Å². The summed E-state index contributed by atoms with van der Waals surface area (Å²) in [5.41, 5.74) is 0. The Labute approximate surface area is 130 Å². The van der Waals surface area contributed by atoms with E-state index in [9.17, 15) is 14.4 Å². The van der Waals surface area contributed by atoms with E-state index in [4.69, 9.17) is 14.9 Å². The van der Waals surface area contributed by atoms with Crippen LogP contribution in [0, 0.1) is 5.41 Å². The lowest BCUT2D eigenvalue weighted by molar-refractivity contribution is -0.153. The van der Waals surface area contributed by atoms with Crippen LogP contribution in [0.4, 0.5) is 0 Å². The highest BCUT2D eigenvalue weighted by Crippen LogP contribution is 2.13. The van der Waals surface area contributed by atoms with Gasteiger partial charge in [-0.3, -0.25) is 9.59 Å². The Balaban J connectivity index is 2.62. The second kappa shape index (κ2) is 9.30. The summed E-state index contributed by atoms with van der Waals surface area (Å²) >= 11 is 0. The first-order chi connectivity index (χ1) is 10.4. The Hall–Kier alpha value is -1.76. The summed E-state index contributed by atoms with van der Waals surface area (Å²) in [6.45, 7) is 3.96. The summed E-state index contributed by atoms with van der Waals surface area (Å²) in [6.07, 6.45) is 2.42. The van der Waals surface area contributed by atoms with Gasteiger partial charge >= 0.3 is 5.97 Å². The van der Waals surface area contributed by atoms with E-state index >= 15 is 0 Å². The monoisotopic (exact) mass is 312 g/mol. The van der Waals surface area contributed by atoms with Crippen molar-refractivity contribution in [3.63, 3.8) is 0 Å². The Morgan fingerprint density at radius 2 is 2.09 bits per heavy atom. The van der Waals surface area contributed by atoms with Crippen molar-refractivity contribution in [3.8, 4) is 0 Å². The first-order valence-electron chi connectivity index (χ1n) is 7.59. The van der Waals surface area contributed by atoms with Gasteiger partial charge in [0.15, 0.2) is 5.78 Å². The lowest BCUT2D eigenvalue weighted by Crippen LogP contribution is -2.48. The third kappa shape index (κ3) is 6.34. The van der Waals surface area contributed by atoms with Crippen LogP contribution in [0.1, 0.15) is 46.0 Å². The van der Waals surface area contributed by atoms with Gasteiger partial charge in [-0.05, 0) is 39.5 Å². The zero-order valence-corrected chi connectivity index (χ0v) is 13.1. The van der Waals surface area contributed by atoms with Crippen LogP contribution in [0.3, 0.4) is 0 Å². The number of carbonyl (C=O) groups is 3. The number of ketones is 1. The molecule has 0 aromatic rings. The molecule has 1 fully saturated rings. The maximum Gasteiger partial charge on any atom is 0.328 e. The molecule has 22 heavy (non-hydrogen) atoms. The summed E-state index contributed by atoms with van der Waals surface area (Å²) in [6, 6.07) is -0.899. The molecule has 0 bridgehead atoms. The average Bonchev–Trinajstić information content (AvgIpc) is 2.50. The molecular formula is C15H24N2O5. The molecule has 1 saturated heterocycles. The van der Waals surface area contributed by atoms with Crippen molar-refractivity contribution in [1.29, 1.82) is 5.41 Å². The normalized spacial score (nSPS) is 19.3. The van der Waals surface area contributed by atoms with E-state index in [2.05, 4.69) is 5.32 Å². The van der Waals surface area contributed by atoms with Crippen molar-refractivity contribution >= 4 is 23.9 Å². The van der Waals surface area contributed by atoms with Crippen molar-refractivity contribution in [3.05, 3.63) is 0 Å². The Morgan fingerprint density at radius 3 is 2.64 bits per heavy atom. The molecule has 0 aromatic carbocycles. The molecule has 1 heterocycles. The number of ether oxygens (including phenoxy) is 2. The average molecular weight is 312 g/mol. The molecule has 7 nitrogen and oxygen atoms in total. The van der Waals surface area contributed by atoms with E-state index in [1.165, 1.54) is 0 Å². The fourth-order valence-electron chi connectivity index (χ4n) is 2.13. The molecule has 124 valence electrons. The van der Waals surface area contributed by atoms with Gasteiger partial charge in [-0.2, -0.15) is 0 Å². The van der Waals surface area contributed by atoms with Gasteiger partial charge < -0.3 is 20.2 Å². The highest BCUT2D eigenvalue weighted by Gasteiger charge is 2.28. The van der Waals surface area contributed by atoms with E-state index in [1.807, 2.05) is 0 Å². The molecule has 2 atom stereocenters. The zero-order valence-electron chi connectivity index (χ0n) is 13.1. The Morgan fingerprint density at radius 1 is 1.36 bits per heavy atom. The SMILES string of the molecule is CC(C)OC(=O)[C@H](CCC(=O)C=N)NC(=O)[C@H]1CCCCO1. The van der Waals surface area contributed by atoms with Crippen LogP contribution in [-0.4, -0.2) is 48.7 Å². The molecular weight excluding hydrogens is 288 g/mol. The van der Waals surface area contributed by atoms with Crippen LogP contribution in [0.2, 0.25) is 0 Å². The summed E-state index contributed by atoms with van der Waals surface area (Å²) in [5.74, 6) is -1.32. The predicted octanol–water partition coefficient (Wildman–Crippen LogP) is 0.991. The Bertz CT molecular complexity index is 416. The second-order valence-corrected chi connectivity index (χ2v) is 5.55. The molecule has 1 aliphatic heterocycles. The number of carbonyl (C=O) groups excluding carboxylic acids is 3. The minimum absolute atomic E-state index is 0.00711. The minimum atomic E-state index is -0.899. The van der Waals surface area contributed by atoms with Gasteiger partial charge in [-0.1, -0.05) is 0 Å². The molecule has 0 spiro atoms. The van der Waals surface area contributed by atoms with Crippen LogP contribution in [0.15, 0.2) is 0 Å². The van der Waals surface area contributed by atoms with Crippen LogP contribution in [0.25, 0.3) is 0 Å². The summed E-state index contributed by atoms with van der Waals surface area (Å²) < 4.78 is 10.5. The maximum atomic E-state index is 12.1. The highest BCUT2D eigenvalue weighted by atomic mass is 16.5. The molecule has 0 aliphatic carbocycles. The number of esters is 1. The quantitative estimate of drug-likeness (QED) is 0.513. The van der Waals surface area contributed by atoms with Crippen molar-refractivity contribution < 1.29 is 23.9 Å². The molecule has 0 saturated carbocycles. The molecule has 1 aliphatic rings. The van der Waals surface area contributed by atoms with E-state index in [-0.39, 0.29) is 24.9 Å². The maximum absolute atomic E-state index is 12.1. The largest absolute Gasteiger partial charge is 0.461 e. The van der Waals surface area contributed by atoms with Gasteiger partial charge in [0.1, 0.15) is 12.1 Å². The smallest absolute Gasteiger partial charge is 0.328 e. The molecule has 1 rings (SSSR count). The van der Waals surface area contributed by atoms with Crippen LogP contribution >= 0.6 is 0 Å². The topological polar surface area (TPSA) is 106 Å².